The summed E-state index contributed by atoms with van der Waals surface area (Å²) in [4.78, 5) is 4.45. The highest BCUT2D eigenvalue weighted by Crippen LogP contribution is 2.24. The second-order valence-electron chi connectivity index (χ2n) is 6.21. The number of sulfonamides is 1. The minimum Gasteiger partial charge on any atom is -0.445 e. The van der Waals surface area contributed by atoms with E-state index >= 15 is 0 Å². The molecule has 0 aromatic carbocycles. The summed E-state index contributed by atoms with van der Waals surface area (Å²) in [5, 5.41) is 1.75. The third kappa shape index (κ3) is 4.18. The van der Waals surface area contributed by atoms with Crippen molar-refractivity contribution in [3.63, 3.8) is 0 Å². The zero-order valence-corrected chi connectivity index (χ0v) is 15.0. The van der Waals surface area contributed by atoms with Crippen LogP contribution in [0.25, 0.3) is 0 Å². The van der Waals surface area contributed by atoms with Crippen LogP contribution >= 0.6 is 11.3 Å². The first kappa shape index (κ1) is 17.2. The predicted octanol–water partition coefficient (Wildman–Crippen LogP) is 3.25. The summed E-state index contributed by atoms with van der Waals surface area (Å²) in [6.07, 6.45) is 1.34. The van der Waals surface area contributed by atoms with Gasteiger partial charge in [-0.1, -0.05) is 26.8 Å². The topological polar surface area (TPSA) is 72.2 Å². The highest BCUT2D eigenvalue weighted by molar-refractivity contribution is 7.91. The predicted molar refractivity (Wildman–Crippen MR) is 87.8 cm³/mol. The maximum Gasteiger partial charge on any atom is 0.250 e. The molecule has 0 saturated heterocycles. The third-order valence-electron chi connectivity index (χ3n) is 3.17. The number of nitrogens with zero attached hydrogens (tertiary/aromatic N) is 1. The summed E-state index contributed by atoms with van der Waals surface area (Å²) in [5.41, 5.74) is 0.759. The normalized spacial score (nSPS) is 12.7. The van der Waals surface area contributed by atoms with E-state index in [1.54, 1.807) is 17.5 Å². The zero-order chi connectivity index (χ0) is 16.4. The third-order valence-corrected chi connectivity index (χ3v) is 6.03. The second kappa shape index (κ2) is 6.52. The lowest BCUT2D eigenvalue weighted by atomic mass is 9.97. The molecule has 1 N–H and O–H groups in total. The Morgan fingerprint density at radius 2 is 2.09 bits per heavy atom. The standard InChI is InChI=1S/C15H22N2O3S2/c1-11-12(20-14(17-11)15(2,3)4)7-5-9-16-22(18,19)13-8-6-10-21-13/h6,8,10,16H,5,7,9H2,1-4H3. The Hall–Kier alpha value is -1.18. The average Bonchev–Trinajstić information content (AvgIpc) is 3.04. The summed E-state index contributed by atoms with van der Waals surface area (Å²) in [6, 6.07) is 3.33. The van der Waals surface area contributed by atoms with Crippen molar-refractivity contribution >= 4 is 21.4 Å². The molecule has 0 fully saturated rings. The SMILES string of the molecule is Cc1nc(C(C)(C)C)oc1CCCNS(=O)(=O)c1cccs1. The Morgan fingerprint density at radius 3 is 2.64 bits per heavy atom. The molecule has 0 aliphatic carbocycles. The minimum absolute atomic E-state index is 0.121. The van der Waals surface area contributed by atoms with E-state index in [1.807, 2.05) is 6.92 Å². The molecule has 2 aromatic rings. The first-order valence-electron chi connectivity index (χ1n) is 7.20. The molecule has 2 rings (SSSR count). The molecule has 0 radical (unpaired) electrons. The van der Waals surface area contributed by atoms with Crippen LogP contribution in [0, 0.1) is 6.92 Å². The molecule has 2 aromatic heterocycles. The van der Waals surface area contributed by atoms with Gasteiger partial charge in [-0.2, -0.15) is 0 Å². The van der Waals surface area contributed by atoms with Crippen LogP contribution < -0.4 is 4.72 Å². The van der Waals surface area contributed by atoms with E-state index in [-0.39, 0.29) is 5.41 Å². The first-order chi connectivity index (χ1) is 10.2. The number of hydrogen-bond donors (Lipinski definition) is 1. The highest BCUT2D eigenvalue weighted by Gasteiger charge is 2.22. The van der Waals surface area contributed by atoms with Gasteiger partial charge in [0.25, 0.3) is 0 Å². The number of aromatic nitrogens is 1. The van der Waals surface area contributed by atoms with E-state index in [0.29, 0.717) is 23.6 Å². The van der Waals surface area contributed by atoms with Crippen molar-refractivity contribution in [2.24, 2.45) is 0 Å². The van der Waals surface area contributed by atoms with Gasteiger partial charge in [0.1, 0.15) is 9.97 Å². The molecule has 0 unspecified atom stereocenters. The van der Waals surface area contributed by atoms with Crippen molar-refractivity contribution in [1.29, 1.82) is 0 Å². The number of aryl methyl sites for hydroxylation is 2. The fourth-order valence-corrected chi connectivity index (χ4v) is 4.04. The Bertz CT molecular complexity index is 711. The van der Waals surface area contributed by atoms with Gasteiger partial charge >= 0.3 is 0 Å². The summed E-state index contributed by atoms with van der Waals surface area (Å²) in [5.74, 6) is 1.56. The second-order valence-corrected chi connectivity index (χ2v) is 9.15. The van der Waals surface area contributed by atoms with Crippen LogP contribution in [0.1, 0.15) is 44.5 Å². The van der Waals surface area contributed by atoms with Crippen molar-refractivity contribution < 1.29 is 12.8 Å². The lowest BCUT2D eigenvalue weighted by Gasteiger charge is -2.12. The smallest absolute Gasteiger partial charge is 0.250 e. The molecule has 122 valence electrons. The van der Waals surface area contributed by atoms with Gasteiger partial charge in [0, 0.05) is 18.4 Å². The van der Waals surface area contributed by atoms with Crippen molar-refractivity contribution in [2.45, 2.75) is 50.2 Å². The van der Waals surface area contributed by atoms with Gasteiger partial charge in [-0.05, 0) is 24.8 Å². The molecule has 0 bridgehead atoms. The molecule has 22 heavy (non-hydrogen) atoms. The average molecular weight is 342 g/mol. The lowest BCUT2D eigenvalue weighted by molar-refractivity contribution is 0.370. The van der Waals surface area contributed by atoms with Crippen LogP contribution in [0.15, 0.2) is 26.1 Å². The van der Waals surface area contributed by atoms with Crippen molar-refractivity contribution in [1.82, 2.24) is 9.71 Å². The van der Waals surface area contributed by atoms with E-state index < -0.39 is 10.0 Å². The summed E-state index contributed by atoms with van der Waals surface area (Å²) < 4.78 is 32.7. The largest absolute Gasteiger partial charge is 0.445 e. The number of hydrogen-bond acceptors (Lipinski definition) is 5. The number of oxazole rings is 1. The lowest BCUT2D eigenvalue weighted by Crippen LogP contribution is -2.24. The summed E-state index contributed by atoms with van der Waals surface area (Å²) >= 11 is 1.21. The van der Waals surface area contributed by atoms with Crippen LogP contribution in [0.4, 0.5) is 0 Å². The van der Waals surface area contributed by atoms with Crippen molar-refractivity contribution in [3.05, 3.63) is 34.9 Å². The molecule has 5 nitrogen and oxygen atoms in total. The van der Waals surface area contributed by atoms with Crippen LogP contribution in [0.2, 0.25) is 0 Å². The molecule has 0 spiro atoms. The van der Waals surface area contributed by atoms with Crippen molar-refractivity contribution in [3.8, 4) is 0 Å². The molecular formula is C15H22N2O3S2. The molecule has 0 amide bonds. The Kier molecular flexibility index (Phi) is 5.09. The van der Waals surface area contributed by atoms with E-state index in [2.05, 4.69) is 30.5 Å². The van der Waals surface area contributed by atoms with Gasteiger partial charge in [-0.15, -0.1) is 11.3 Å². The molecule has 0 aliphatic rings. The van der Waals surface area contributed by atoms with Gasteiger partial charge < -0.3 is 4.42 Å². The molecule has 0 saturated carbocycles. The Balaban J connectivity index is 1.89. The Morgan fingerprint density at radius 1 is 1.36 bits per heavy atom. The van der Waals surface area contributed by atoms with E-state index in [1.165, 1.54) is 11.3 Å². The van der Waals surface area contributed by atoms with E-state index in [4.69, 9.17) is 4.42 Å². The first-order valence-corrected chi connectivity index (χ1v) is 9.56. The maximum absolute atomic E-state index is 12.0. The van der Waals surface area contributed by atoms with Gasteiger partial charge in [0.05, 0.1) is 5.69 Å². The monoisotopic (exact) mass is 342 g/mol. The number of thiophene rings is 1. The van der Waals surface area contributed by atoms with E-state index in [0.717, 1.165) is 17.3 Å². The molecule has 2 heterocycles. The fourth-order valence-electron chi connectivity index (χ4n) is 1.92. The van der Waals surface area contributed by atoms with Crippen LogP contribution in [0.5, 0.6) is 0 Å². The van der Waals surface area contributed by atoms with Crippen molar-refractivity contribution in [2.75, 3.05) is 6.54 Å². The maximum atomic E-state index is 12.0. The van der Waals surface area contributed by atoms with E-state index in [9.17, 15) is 8.42 Å². The molecule has 7 heteroatoms. The summed E-state index contributed by atoms with van der Waals surface area (Å²) in [7, 11) is -3.38. The number of rotatable bonds is 6. The van der Waals surface area contributed by atoms with Crippen LogP contribution in [-0.2, 0) is 21.9 Å². The zero-order valence-electron chi connectivity index (χ0n) is 13.3. The molecule has 0 aliphatic heterocycles. The fraction of sp³-hybridized carbons (Fsp3) is 0.533. The van der Waals surface area contributed by atoms with Gasteiger partial charge in [-0.3, -0.25) is 0 Å². The molecule has 0 atom stereocenters. The van der Waals surface area contributed by atoms with Gasteiger partial charge in [0.2, 0.25) is 10.0 Å². The number of nitrogens with one attached hydrogen (secondary N) is 1. The van der Waals surface area contributed by atoms with Gasteiger partial charge in [-0.25, -0.2) is 18.1 Å². The van der Waals surface area contributed by atoms with Crippen LogP contribution in [0.3, 0.4) is 0 Å². The molecular weight excluding hydrogens is 320 g/mol. The van der Waals surface area contributed by atoms with Crippen LogP contribution in [-0.4, -0.2) is 19.9 Å². The quantitative estimate of drug-likeness (QED) is 0.818. The minimum atomic E-state index is -3.38. The summed E-state index contributed by atoms with van der Waals surface area (Å²) in [6.45, 7) is 8.46. The van der Waals surface area contributed by atoms with Gasteiger partial charge in [0.15, 0.2) is 5.89 Å². The Labute approximate surface area is 135 Å². The highest BCUT2D eigenvalue weighted by atomic mass is 32.2.